The molecule has 2 aliphatic rings. The highest BCUT2D eigenvalue weighted by atomic mass is 16.6. The zero-order valence-corrected chi connectivity index (χ0v) is 16.8. The van der Waals surface area contributed by atoms with E-state index in [4.69, 9.17) is 9.47 Å². The lowest BCUT2D eigenvalue weighted by molar-refractivity contribution is -0.383. The van der Waals surface area contributed by atoms with Gasteiger partial charge in [-0.2, -0.15) is 0 Å². The Bertz CT molecular complexity index is 1170. The summed E-state index contributed by atoms with van der Waals surface area (Å²) in [4.78, 5) is 30.6. The monoisotopic (exact) mass is 419 g/mol. The van der Waals surface area contributed by atoms with Gasteiger partial charge < -0.3 is 14.4 Å². The molecule has 0 amide bonds. The molecule has 0 N–H and O–H groups in total. The first kappa shape index (κ1) is 19.3. The summed E-state index contributed by atoms with van der Waals surface area (Å²) >= 11 is 0. The number of ketones is 1. The minimum Gasteiger partial charge on any atom is -0.486 e. The number of hydrogen-bond donors (Lipinski definition) is 0. The highest BCUT2D eigenvalue weighted by Crippen LogP contribution is 2.36. The standard InChI is InChI=1S/C23H21N3O5/c27-23(16-3-6-20-21(14-16)31-13-12-30-20)15-7-10-25(11-8-15)19-5-4-18(26(28)29)17-2-1-9-24-22(17)19/h1-6,9,14-15H,7-8,10-13H2. The number of fused-ring (bicyclic) bond motifs is 2. The van der Waals surface area contributed by atoms with Crippen LogP contribution in [0.2, 0.25) is 0 Å². The second-order valence-corrected chi connectivity index (χ2v) is 7.74. The van der Waals surface area contributed by atoms with E-state index in [0.717, 1.165) is 5.69 Å². The van der Waals surface area contributed by atoms with Crippen molar-refractivity contribution in [2.24, 2.45) is 5.92 Å². The lowest BCUT2D eigenvalue weighted by Gasteiger charge is -2.33. The Morgan fingerprint density at radius 3 is 2.61 bits per heavy atom. The molecule has 0 radical (unpaired) electrons. The predicted molar refractivity (Wildman–Crippen MR) is 115 cm³/mol. The number of benzene rings is 2. The molecule has 0 spiro atoms. The largest absolute Gasteiger partial charge is 0.486 e. The van der Waals surface area contributed by atoms with Crippen LogP contribution in [0.25, 0.3) is 10.9 Å². The molecule has 0 saturated carbocycles. The molecule has 1 saturated heterocycles. The van der Waals surface area contributed by atoms with Gasteiger partial charge in [0.05, 0.1) is 16.0 Å². The number of nitrogens with zero attached hydrogens (tertiary/aromatic N) is 3. The van der Waals surface area contributed by atoms with Crippen molar-refractivity contribution in [2.45, 2.75) is 12.8 Å². The minimum absolute atomic E-state index is 0.0514. The van der Waals surface area contributed by atoms with Gasteiger partial charge in [-0.05, 0) is 49.2 Å². The van der Waals surface area contributed by atoms with Gasteiger partial charge in [-0.1, -0.05) is 0 Å². The first-order chi connectivity index (χ1) is 15.1. The molecular weight excluding hydrogens is 398 g/mol. The van der Waals surface area contributed by atoms with Crippen LogP contribution in [0.5, 0.6) is 11.5 Å². The first-order valence-corrected chi connectivity index (χ1v) is 10.3. The summed E-state index contributed by atoms with van der Waals surface area (Å²) < 4.78 is 11.1. The van der Waals surface area contributed by atoms with Crippen LogP contribution in [0, 0.1) is 16.0 Å². The van der Waals surface area contributed by atoms with Crippen LogP contribution in [0.1, 0.15) is 23.2 Å². The molecule has 0 atom stereocenters. The maximum absolute atomic E-state index is 13.1. The third kappa shape index (κ3) is 3.54. The number of non-ortho nitro benzene ring substituents is 1. The van der Waals surface area contributed by atoms with Crippen LogP contribution in [0.15, 0.2) is 48.7 Å². The lowest BCUT2D eigenvalue weighted by Crippen LogP contribution is -2.36. The molecule has 5 rings (SSSR count). The van der Waals surface area contributed by atoms with E-state index in [0.29, 0.717) is 67.1 Å². The Morgan fingerprint density at radius 2 is 1.84 bits per heavy atom. The number of nitro groups is 1. The smallest absolute Gasteiger partial charge is 0.278 e. The lowest BCUT2D eigenvalue weighted by atomic mass is 9.88. The Kier molecular flexibility index (Phi) is 4.89. The number of hydrogen-bond acceptors (Lipinski definition) is 7. The number of ether oxygens (including phenoxy) is 2. The van der Waals surface area contributed by atoms with E-state index in [1.54, 1.807) is 42.6 Å². The fraction of sp³-hybridized carbons (Fsp3) is 0.304. The SMILES string of the molecule is O=C(c1ccc2c(c1)OCCO2)C1CCN(c2ccc([N+](=O)[O-])c3cccnc23)CC1. The average molecular weight is 419 g/mol. The van der Waals surface area contributed by atoms with Crippen LogP contribution in [0.3, 0.4) is 0 Å². The van der Waals surface area contributed by atoms with Gasteiger partial charge in [0.1, 0.15) is 18.7 Å². The number of nitro benzene ring substituents is 1. The third-order valence-corrected chi connectivity index (χ3v) is 5.96. The number of piperidine rings is 1. The van der Waals surface area contributed by atoms with Gasteiger partial charge in [0, 0.05) is 36.8 Å². The quantitative estimate of drug-likeness (QED) is 0.358. The van der Waals surface area contributed by atoms with E-state index in [-0.39, 0.29) is 22.3 Å². The van der Waals surface area contributed by atoms with Crippen molar-refractivity contribution in [3.63, 3.8) is 0 Å². The van der Waals surface area contributed by atoms with Gasteiger partial charge in [0.25, 0.3) is 5.69 Å². The molecule has 3 aromatic rings. The van der Waals surface area contributed by atoms with Crippen LogP contribution in [-0.4, -0.2) is 42.0 Å². The summed E-state index contributed by atoms with van der Waals surface area (Å²) in [5, 5.41) is 11.9. The second-order valence-electron chi connectivity index (χ2n) is 7.74. The maximum Gasteiger partial charge on any atom is 0.278 e. The van der Waals surface area contributed by atoms with Crippen molar-refractivity contribution in [3.8, 4) is 11.5 Å². The predicted octanol–water partition coefficient (Wildman–Crippen LogP) is 4.01. The van der Waals surface area contributed by atoms with Crippen molar-refractivity contribution in [1.82, 2.24) is 4.98 Å². The van der Waals surface area contributed by atoms with Crippen LogP contribution < -0.4 is 14.4 Å². The number of rotatable bonds is 4. The van der Waals surface area contributed by atoms with Crippen LogP contribution >= 0.6 is 0 Å². The number of aromatic nitrogens is 1. The van der Waals surface area contributed by atoms with Crippen molar-refractivity contribution in [2.75, 3.05) is 31.2 Å². The fourth-order valence-electron chi connectivity index (χ4n) is 4.37. The molecule has 0 aliphatic carbocycles. The van der Waals surface area contributed by atoms with Crippen molar-refractivity contribution < 1.29 is 19.2 Å². The Labute approximate surface area is 178 Å². The maximum atomic E-state index is 13.1. The van der Waals surface area contributed by atoms with E-state index in [1.807, 2.05) is 0 Å². The molecule has 158 valence electrons. The molecule has 3 heterocycles. The summed E-state index contributed by atoms with van der Waals surface area (Å²) in [6.07, 6.45) is 3.06. The zero-order valence-electron chi connectivity index (χ0n) is 16.8. The number of anilines is 1. The van der Waals surface area contributed by atoms with Crippen LogP contribution in [0.4, 0.5) is 11.4 Å². The number of carbonyl (C=O) groups is 1. The van der Waals surface area contributed by atoms with E-state index in [2.05, 4.69) is 9.88 Å². The number of carbonyl (C=O) groups excluding carboxylic acids is 1. The summed E-state index contributed by atoms with van der Waals surface area (Å²) in [5.41, 5.74) is 2.18. The van der Waals surface area contributed by atoms with Gasteiger partial charge in [-0.3, -0.25) is 19.9 Å². The summed E-state index contributed by atoms with van der Waals surface area (Å²) in [5.74, 6) is 1.34. The summed E-state index contributed by atoms with van der Waals surface area (Å²) in [6.45, 7) is 2.38. The number of pyridine rings is 1. The van der Waals surface area contributed by atoms with Gasteiger partial charge in [0.2, 0.25) is 0 Å². The van der Waals surface area contributed by atoms with Gasteiger partial charge in [-0.15, -0.1) is 0 Å². The molecule has 31 heavy (non-hydrogen) atoms. The van der Waals surface area contributed by atoms with E-state index in [9.17, 15) is 14.9 Å². The molecule has 2 aromatic carbocycles. The molecule has 0 unspecified atom stereocenters. The van der Waals surface area contributed by atoms with Crippen molar-refractivity contribution in [1.29, 1.82) is 0 Å². The first-order valence-electron chi connectivity index (χ1n) is 10.3. The third-order valence-electron chi connectivity index (χ3n) is 5.96. The van der Waals surface area contributed by atoms with Gasteiger partial charge >= 0.3 is 0 Å². The zero-order chi connectivity index (χ0) is 21.4. The van der Waals surface area contributed by atoms with E-state index < -0.39 is 0 Å². The normalized spacial score (nSPS) is 16.3. The Morgan fingerprint density at radius 1 is 1.06 bits per heavy atom. The van der Waals surface area contributed by atoms with Gasteiger partial charge in [0.15, 0.2) is 17.3 Å². The topological polar surface area (TPSA) is 94.8 Å². The van der Waals surface area contributed by atoms with E-state index in [1.165, 1.54) is 6.07 Å². The average Bonchev–Trinajstić information content (AvgIpc) is 2.82. The molecule has 1 fully saturated rings. The number of Topliss-reactive ketones (excluding diaryl/α,β-unsaturated/α-hetero) is 1. The second kappa shape index (κ2) is 7.86. The highest BCUT2D eigenvalue weighted by Gasteiger charge is 2.28. The molecular formula is C23H21N3O5. The van der Waals surface area contributed by atoms with Crippen LogP contribution in [-0.2, 0) is 0 Å². The summed E-state index contributed by atoms with van der Waals surface area (Å²) in [6, 6.07) is 12.1. The van der Waals surface area contributed by atoms with Crippen molar-refractivity contribution in [3.05, 3.63) is 64.3 Å². The van der Waals surface area contributed by atoms with Gasteiger partial charge in [-0.25, -0.2) is 0 Å². The molecule has 8 nitrogen and oxygen atoms in total. The molecule has 8 heteroatoms. The highest BCUT2D eigenvalue weighted by molar-refractivity contribution is 5.99. The summed E-state index contributed by atoms with van der Waals surface area (Å²) in [7, 11) is 0. The van der Waals surface area contributed by atoms with Crippen molar-refractivity contribution >= 4 is 28.1 Å². The Hall–Kier alpha value is -3.68. The molecule has 1 aromatic heterocycles. The fourth-order valence-corrected chi connectivity index (χ4v) is 4.37. The minimum atomic E-state index is -0.383. The molecule has 0 bridgehead atoms. The van der Waals surface area contributed by atoms with E-state index >= 15 is 0 Å². The Balaban J connectivity index is 1.33. The molecule has 2 aliphatic heterocycles.